The molecule has 0 aromatic carbocycles. The van der Waals surface area contributed by atoms with E-state index in [-0.39, 0.29) is 0 Å². The van der Waals surface area contributed by atoms with Gasteiger partial charge in [0.15, 0.2) is 0 Å². The quantitative estimate of drug-likeness (QED) is 0.891. The van der Waals surface area contributed by atoms with E-state index in [4.69, 9.17) is 0 Å². The van der Waals surface area contributed by atoms with Crippen LogP contribution in [-0.4, -0.2) is 30.6 Å². The fourth-order valence-electron chi connectivity index (χ4n) is 3.57. The zero-order chi connectivity index (χ0) is 13.2. The van der Waals surface area contributed by atoms with Gasteiger partial charge in [-0.1, -0.05) is 0 Å². The second kappa shape index (κ2) is 6.25. The summed E-state index contributed by atoms with van der Waals surface area (Å²) in [6.07, 6.45) is 5.53. The Morgan fingerprint density at radius 3 is 2.95 bits per heavy atom. The van der Waals surface area contributed by atoms with Crippen LogP contribution in [0.4, 0.5) is 0 Å². The number of hydrogen-bond donors (Lipinski definition) is 1. The van der Waals surface area contributed by atoms with Crippen LogP contribution >= 0.6 is 27.3 Å². The Morgan fingerprint density at radius 1 is 1.37 bits per heavy atom. The van der Waals surface area contributed by atoms with Crippen LogP contribution in [0.2, 0.25) is 0 Å². The third-order valence-corrected chi connectivity index (χ3v) is 6.50. The van der Waals surface area contributed by atoms with E-state index < -0.39 is 0 Å². The summed E-state index contributed by atoms with van der Waals surface area (Å²) in [6, 6.07) is 5.80. The van der Waals surface area contributed by atoms with Crippen LogP contribution in [0.3, 0.4) is 0 Å². The molecule has 2 nitrogen and oxygen atoms in total. The third kappa shape index (κ3) is 3.23. The molecular weight excluding hydrogens is 320 g/mol. The summed E-state index contributed by atoms with van der Waals surface area (Å²) in [5, 5.41) is 3.70. The van der Waals surface area contributed by atoms with Crippen LogP contribution in [0, 0.1) is 5.92 Å². The Hall–Kier alpha value is 0.1000. The lowest BCUT2D eigenvalue weighted by Gasteiger charge is -2.38. The summed E-state index contributed by atoms with van der Waals surface area (Å²) >= 11 is 5.46. The zero-order valence-electron chi connectivity index (χ0n) is 11.6. The van der Waals surface area contributed by atoms with Crippen molar-refractivity contribution in [1.82, 2.24) is 10.2 Å². The molecule has 0 amide bonds. The van der Waals surface area contributed by atoms with E-state index in [1.807, 2.05) is 11.3 Å². The lowest BCUT2D eigenvalue weighted by molar-refractivity contribution is 0.116. The molecule has 4 heteroatoms. The van der Waals surface area contributed by atoms with Crippen molar-refractivity contribution in [2.75, 3.05) is 19.6 Å². The second-order valence-corrected chi connectivity index (χ2v) is 8.41. The molecule has 19 heavy (non-hydrogen) atoms. The molecule has 3 rings (SSSR count). The monoisotopic (exact) mass is 342 g/mol. The van der Waals surface area contributed by atoms with E-state index in [9.17, 15) is 0 Å². The topological polar surface area (TPSA) is 15.3 Å². The first-order valence-corrected chi connectivity index (χ1v) is 9.07. The molecule has 1 aromatic heterocycles. The van der Waals surface area contributed by atoms with E-state index in [0.29, 0.717) is 6.04 Å². The van der Waals surface area contributed by atoms with Crippen molar-refractivity contribution in [3.8, 4) is 0 Å². The average molecular weight is 343 g/mol. The Kier molecular flexibility index (Phi) is 4.62. The Morgan fingerprint density at radius 2 is 2.26 bits per heavy atom. The van der Waals surface area contributed by atoms with E-state index >= 15 is 0 Å². The van der Waals surface area contributed by atoms with Crippen LogP contribution in [0.15, 0.2) is 15.9 Å². The Balaban J connectivity index is 1.64. The van der Waals surface area contributed by atoms with Gasteiger partial charge in [0.05, 0.1) is 3.79 Å². The molecule has 0 bridgehead atoms. The number of rotatable bonds is 3. The van der Waals surface area contributed by atoms with Gasteiger partial charge < -0.3 is 5.32 Å². The van der Waals surface area contributed by atoms with Gasteiger partial charge >= 0.3 is 0 Å². The van der Waals surface area contributed by atoms with Crippen molar-refractivity contribution in [3.05, 3.63) is 20.8 Å². The van der Waals surface area contributed by atoms with Gasteiger partial charge in [-0.25, -0.2) is 0 Å². The number of thiophene rings is 1. The molecule has 2 fully saturated rings. The molecular formula is C15H23BrN2S. The molecule has 2 aliphatic rings. The van der Waals surface area contributed by atoms with Crippen molar-refractivity contribution in [2.24, 2.45) is 5.92 Å². The predicted octanol–water partition coefficient (Wildman–Crippen LogP) is 4.04. The molecule has 2 saturated heterocycles. The van der Waals surface area contributed by atoms with Crippen molar-refractivity contribution >= 4 is 27.3 Å². The number of hydrogen-bond acceptors (Lipinski definition) is 3. The molecule has 1 N–H and O–H groups in total. The van der Waals surface area contributed by atoms with Gasteiger partial charge in [0.2, 0.25) is 0 Å². The standard InChI is InChI=1S/C15H23BrN2S/c1-11(14-6-7-15(16)19-14)18-9-3-4-12(10-18)13-5-2-8-17-13/h6-7,11-13,17H,2-5,8-10H2,1H3. The van der Waals surface area contributed by atoms with Crippen LogP contribution in [-0.2, 0) is 0 Å². The lowest BCUT2D eigenvalue weighted by Crippen LogP contribution is -2.44. The van der Waals surface area contributed by atoms with Crippen molar-refractivity contribution in [3.63, 3.8) is 0 Å². The van der Waals surface area contributed by atoms with E-state index in [1.54, 1.807) is 0 Å². The molecule has 0 aliphatic carbocycles. The molecule has 0 saturated carbocycles. The molecule has 0 radical (unpaired) electrons. The maximum absolute atomic E-state index is 3.70. The summed E-state index contributed by atoms with van der Waals surface area (Å²) in [6.45, 7) is 6.13. The molecule has 2 aliphatic heterocycles. The van der Waals surface area contributed by atoms with Crippen molar-refractivity contribution < 1.29 is 0 Å². The van der Waals surface area contributed by atoms with Crippen LogP contribution in [0.5, 0.6) is 0 Å². The number of nitrogens with zero attached hydrogens (tertiary/aromatic N) is 1. The summed E-state index contributed by atoms with van der Waals surface area (Å²) in [5.41, 5.74) is 0. The summed E-state index contributed by atoms with van der Waals surface area (Å²) in [7, 11) is 0. The van der Waals surface area contributed by atoms with Gasteiger partial charge in [0.25, 0.3) is 0 Å². The highest BCUT2D eigenvalue weighted by atomic mass is 79.9. The van der Waals surface area contributed by atoms with E-state index in [0.717, 1.165) is 12.0 Å². The van der Waals surface area contributed by atoms with Crippen LogP contribution in [0.1, 0.15) is 43.5 Å². The van der Waals surface area contributed by atoms with Gasteiger partial charge in [-0.3, -0.25) is 4.90 Å². The first-order chi connectivity index (χ1) is 9.24. The van der Waals surface area contributed by atoms with Gasteiger partial charge in [0.1, 0.15) is 0 Å². The maximum Gasteiger partial charge on any atom is 0.0701 e. The second-order valence-electron chi connectivity index (χ2n) is 5.92. The van der Waals surface area contributed by atoms with Crippen LogP contribution < -0.4 is 5.32 Å². The summed E-state index contributed by atoms with van der Waals surface area (Å²) in [4.78, 5) is 4.18. The minimum atomic E-state index is 0.570. The largest absolute Gasteiger partial charge is 0.314 e. The Bertz CT molecular complexity index is 414. The number of piperidine rings is 1. The third-order valence-electron chi connectivity index (χ3n) is 4.71. The maximum atomic E-state index is 3.70. The fraction of sp³-hybridized carbons (Fsp3) is 0.733. The molecule has 106 valence electrons. The number of likely N-dealkylation sites (tertiary alicyclic amines) is 1. The van der Waals surface area contributed by atoms with Gasteiger partial charge in [-0.15, -0.1) is 11.3 Å². The number of halogens is 1. The molecule has 3 unspecified atom stereocenters. The van der Waals surface area contributed by atoms with Crippen molar-refractivity contribution in [1.29, 1.82) is 0 Å². The highest BCUT2D eigenvalue weighted by Crippen LogP contribution is 2.34. The van der Waals surface area contributed by atoms with Gasteiger partial charge in [0, 0.05) is 23.5 Å². The highest BCUT2D eigenvalue weighted by Gasteiger charge is 2.31. The summed E-state index contributed by atoms with van der Waals surface area (Å²) in [5.74, 6) is 0.863. The van der Waals surface area contributed by atoms with Gasteiger partial charge in [-0.05, 0) is 79.7 Å². The molecule has 3 atom stereocenters. The number of nitrogens with one attached hydrogen (secondary N) is 1. The first-order valence-electron chi connectivity index (χ1n) is 7.46. The molecule has 1 aromatic rings. The van der Waals surface area contributed by atoms with E-state index in [1.165, 1.54) is 54.0 Å². The smallest absolute Gasteiger partial charge is 0.0701 e. The lowest BCUT2D eigenvalue weighted by atomic mass is 9.89. The SMILES string of the molecule is CC(c1ccc(Br)s1)N1CCCC(C2CCCN2)C1. The van der Waals surface area contributed by atoms with Crippen LogP contribution in [0.25, 0.3) is 0 Å². The summed E-state index contributed by atoms with van der Waals surface area (Å²) < 4.78 is 1.25. The predicted molar refractivity (Wildman–Crippen MR) is 85.8 cm³/mol. The normalized spacial score (nSPS) is 30.6. The Labute approximate surface area is 128 Å². The minimum Gasteiger partial charge on any atom is -0.314 e. The fourth-order valence-corrected chi connectivity index (χ4v) is 5.08. The highest BCUT2D eigenvalue weighted by molar-refractivity contribution is 9.11. The molecule has 3 heterocycles. The minimum absolute atomic E-state index is 0.570. The van der Waals surface area contributed by atoms with Gasteiger partial charge in [-0.2, -0.15) is 0 Å². The zero-order valence-corrected chi connectivity index (χ0v) is 14.0. The molecule has 0 spiro atoms. The average Bonchev–Trinajstić information content (AvgIpc) is 3.09. The first kappa shape index (κ1) is 14.1. The van der Waals surface area contributed by atoms with E-state index in [2.05, 4.69) is 45.2 Å². The van der Waals surface area contributed by atoms with Crippen molar-refractivity contribution in [2.45, 2.75) is 44.7 Å².